The monoisotopic (exact) mass is 484 g/mol. The minimum absolute atomic E-state index is 0.159. The molecule has 4 rings (SSSR count). The molecule has 1 aromatic carbocycles. The highest BCUT2D eigenvalue weighted by atomic mass is 32.2. The predicted octanol–water partition coefficient (Wildman–Crippen LogP) is 3.46. The summed E-state index contributed by atoms with van der Waals surface area (Å²) in [6.07, 6.45) is 8.08. The summed E-state index contributed by atoms with van der Waals surface area (Å²) in [4.78, 5) is 13.5. The van der Waals surface area contributed by atoms with Crippen molar-refractivity contribution in [2.24, 2.45) is 5.92 Å². The molecule has 3 heterocycles. The summed E-state index contributed by atoms with van der Waals surface area (Å²) in [5.41, 5.74) is 2.91. The van der Waals surface area contributed by atoms with Crippen LogP contribution in [0.25, 0.3) is 16.6 Å². The lowest BCUT2D eigenvalue weighted by Gasteiger charge is -2.30. The molecule has 1 amide bonds. The number of aromatic nitrogens is 2. The smallest absolute Gasteiger partial charge is 0.244 e. The Labute approximate surface area is 198 Å². The summed E-state index contributed by atoms with van der Waals surface area (Å²) < 4.78 is 26.7. The molecule has 174 valence electrons. The van der Waals surface area contributed by atoms with E-state index in [4.69, 9.17) is 5.10 Å². The number of hydrogen-bond donors (Lipinski definition) is 1. The first-order chi connectivity index (χ1) is 15.9. The van der Waals surface area contributed by atoms with Crippen LogP contribution in [0.4, 0.5) is 0 Å². The zero-order chi connectivity index (χ0) is 23.3. The maximum atomic E-state index is 12.4. The SMILES string of the molecule is CS(=O)(=O)N1CCC(CNC(=O)/C=C/c2cn(Cc3ccccc3)nc2-c2cccs2)CC1. The van der Waals surface area contributed by atoms with Gasteiger partial charge in [-0.1, -0.05) is 36.4 Å². The molecule has 33 heavy (non-hydrogen) atoms. The fourth-order valence-corrected chi connectivity index (χ4v) is 5.53. The van der Waals surface area contributed by atoms with Crippen molar-refractivity contribution in [3.8, 4) is 10.6 Å². The van der Waals surface area contributed by atoms with Gasteiger partial charge in [0.25, 0.3) is 0 Å². The average molecular weight is 485 g/mol. The maximum Gasteiger partial charge on any atom is 0.244 e. The van der Waals surface area contributed by atoms with Crippen molar-refractivity contribution in [1.82, 2.24) is 19.4 Å². The lowest BCUT2D eigenvalue weighted by atomic mass is 9.98. The molecule has 0 saturated carbocycles. The van der Waals surface area contributed by atoms with Crippen LogP contribution in [-0.2, 0) is 21.4 Å². The Morgan fingerprint density at radius 1 is 1.18 bits per heavy atom. The Kier molecular flexibility index (Phi) is 7.42. The fraction of sp³-hybridized carbons (Fsp3) is 0.333. The van der Waals surface area contributed by atoms with E-state index in [2.05, 4.69) is 17.4 Å². The largest absolute Gasteiger partial charge is 0.352 e. The molecule has 0 atom stereocenters. The lowest BCUT2D eigenvalue weighted by Crippen LogP contribution is -2.40. The normalized spacial score (nSPS) is 15.8. The Morgan fingerprint density at radius 3 is 2.61 bits per heavy atom. The number of nitrogens with zero attached hydrogens (tertiary/aromatic N) is 3. The minimum atomic E-state index is -3.13. The highest BCUT2D eigenvalue weighted by Crippen LogP contribution is 2.28. The van der Waals surface area contributed by atoms with Crippen molar-refractivity contribution >= 4 is 33.3 Å². The van der Waals surface area contributed by atoms with Gasteiger partial charge in [-0.2, -0.15) is 5.10 Å². The molecular formula is C24H28N4O3S2. The Bertz CT molecular complexity index is 1190. The van der Waals surface area contributed by atoms with E-state index in [9.17, 15) is 13.2 Å². The maximum absolute atomic E-state index is 12.4. The van der Waals surface area contributed by atoms with Gasteiger partial charge in [0.15, 0.2) is 0 Å². The van der Waals surface area contributed by atoms with Gasteiger partial charge in [-0.05, 0) is 41.8 Å². The van der Waals surface area contributed by atoms with Gasteiger partial charge in [0.1, 0.15) is 5.69 Å². The van der Waals surface area contributed by atoms with Gasteiger partial charge in [-0.25, -0.2) is 12.7 Å². The molecule has 0 aliphatic carbocycles. The number of nitrogens with one attached hydrogen (secondary N) is 1. The first-order valence-corrected chi connectivity index (χ1v) is 13.7. The zero-order valence-corrected chi connectivity index (χ0v) is 20.2. The van der Waals surface area contributed by atoms with E-state index in [0.29, 0.717) is 26.2 Å². The topological polar surface area (TPSA) is 84.3 Å². The van der Waals surface area contributed by atoms with E-state index in [0.717, 1.165) is 34.5 Å². The molecule has 0 bridgehead atoms. The molecule has 1 N–H and O–H groups in total. The van der Waals surface area contributed by atoms with Crippen molar-refractivity contribution in [3.63, 3.8) is 0 Å². The van der Waals surface area contributed by atoms with Crippen molar-refractivity contribution in [1.29, 1.82) is 0 Å². The van der Waals surface area contributed by atoms with Gasteiger partial charge < -0.3 is 5.32 Å². The summed E-state index contributed by atoms with van der Waals surface area (Å²) in [6, 6.07) is 14.2. The van der Waals surface area contributed by atoms with Gasteiger partial charge in [0, 0.05) is 37.5 Å². The quantitative estimate of drug-likeness (QED) is 0.496. The second kappa shape index (κ2) is 10.5. The fourth-order valence-electron chi connectivity index (χ4n) is 3.93. The third-order valence-electron chi connectivity index (χ3n) is 5.75. The van der Waals surface area contributed by atoms with Crippen LogP contribution >= 0.6 is 11.3 Å². The number of amides is 1. The summed E-state index contributed by atoms with van der Waals surface area (Å²) >= 11 is 1.62. The van der Waals surface area contributed by atoms with E-state index < -0.39 is 10.0 Å². The van der Waals surface area contributed by atoms with Crippen LogP contribution in [0.1, 0.15) is 24.0 Å². The van der Waals surface area contributed by atoms with Crippen LogP contribution in [0.2, 0.25) is 0 Å². The highest BCUT2D eigenvalue weighted by Gasteiger charge is 2.24. The molecule has 3 aromatic rings. The Morgan fingerprint density at radius 2 is 1.94 bits per heavy atom. The van der Waals surface area contributed by atoms with Crippen LogP contribution < -0.4 is 5.32 Å². The Hall–Kier alpha value is -2.75. The molecule has 1 aliphatic rings. The van der Waals surface area contributed by atoms with Gasteiger partial charge in [0.05, 0.1) is 17.7 Å². The van der Waals surface area contributed by atoms with Crippen LogP contribution in [0.5, 0.6) is 0 Å². The van der Waals surface area contributed by atoms with Gasteiger partial charge in [-0.15, -0.1) is 11.3 Å². The zero-order valence-electron chi connectivity index (χ0n) is 18.6. The third-order valence-corrected chi connectivity index (χ3v) is 7.93. The average Bonchev–Trinajstić information content (AvgIpc) is 3.46. The van der Waals surface area contributed by atoms with Crippen LogP contribution in [0.3, 0.4) is 0 Å². The molecule has 1 saturated heterocycles. The molecule has 7 nitrogen and oxygen atoms in total. The highest BCUT2D eigenvalue weighted by molar-refractivity contribution is 7.88. The lowest BCUT2D eigenvalue weighted by molar-refractivity contribution is -0.116. The van der Waals surface area contributed by atoms with Crippen LogP contribution in [0, 0.1) is 5.92 Å². The number of piperidine rings is 1. The molecule has 0 spiro atoms. The van der Waals surface area contributed by atoms with Crippen LogP contribution in [0.15, 0.2) is 60.1 Å². The van der Waals surface area contributed by atoms with Crippen molar-refractivity contribution < 1.29 is 13.2 Å². The number of carbonyl (C=O) groups excluding carboxylic acids is 1. The van der Waals surface area contributed by atoms with Gasteiger partial charge in [-0.3, -0.25) is 9.48 Å². The number of sulfonamides is 1. The summed E-state index contributed by atoms with van der Waals surface area (Å²) in [6.45, 7) is 2.23. The van der Waals surface area contributed by atoms with Gasteiger partial charge >= 0.3 is 0 Å². The molecule has 1 aliphatic heterocycles. The summed E-state index contributed by atoms with van der Waals surface area (Å²) in [5.74, 6) is 0.129. The number of thiophene rings is 1. The molecule has 1 fully saturated rings. The van der Waals surface area contributed by atoms with Crippen molar-refractivity contribution in [3.05, 3.63) is 71.2 Å². The molecule has 9 heteroatoms. The predicted molar refractivity (Wildman–Crippen MR) is 132 cm³/mol. The van der Waals surface area contributed by atoms with Crippen molar-refractivity contribution in [2.45, 2.75) is 19.4 Å². The van der Waals surface area contributed by atoms with E-state index in [-0.39, 0.29) is 11.8 Å². The number of rotatable bonds is 8. The molecule has 0 radical (unpaired) electrons. The van der Waals surface area contributed by atoms with E-state index in [1.807, 2.05) is 52.7 Å². The number of carbonyl (C=O) groups is 1. The second-order valence-electron chi connectivity index (χ2n) is 8.28. The number of benzene rings is 1. The van der Waals surface area contributed by atoms with Crippen LogP contribution in [-0.4, -0.2) is 54.3 Å². The van der Waals surface area contributed by atoms with E-state index in [1.165, 1.54) is 10.6 Å². The van der Waals surface area contributed by atoms with Crippen molar-refractivity contribution in [2.75, 3.05) is 25.9 Å². The minimum Gasteiger partial charge on any atom is -0.352 e. The van der Waals surface area contributed by atoms with E-state index in [1.54, 1.807) is 17.4 Å². The summed E-state index contributed by atoms with van der Waals surface area (Å²) in [5, 5.41) is 9.74. The van der Waals surface area contributed by atoms with E-state index >= 15 is 0 Å². The molecule has 2 aromatic heterocycles. The number of hydrogen-bond acceptors (Lipinski definition) is 5. The first kappa shape index (κ1) is 23.4. The second-order valence-corrected chi connectivity index (χ2v) is 11.2. The third kappa shape index (κ3) is 6.40. The molecule has 0 unspecified atom stereocenters. The van der Waals surface area contributed by atoms with Gasteiger partial charge in [0.2, 0.25) is 15.9 Å². The standard InChI is InChI=1S/C24H28N4O3S2/c1-33(30,31)28-13-11-19(12-14-28)16-25-23(29)10-9-21-18-27(17-20-6-3-2-4-7-20)26-24(21)22-8-5-15-32-22/h2-10,15,18-19H,11-14,16-17H2,1H3,(H,25,29)/b10-9+. The Balaban J connectivity index is 1.38. The first-order valence-electron chi connectivity index (χ1n) is 10.9. The molecular weight excluding hydrogens is 456 g/mol. The summed E-state index contributed by atoms with van der Waals surface area (Å²) in [7, 11) is -3.13.